The van der Waals surface area contributed by atoms with Gasteiger partial charge in [0, 0.05) is 55.8 Å². The van der Waals surface area contributed by atoms with Crippen LogP contribution in [0.1, 0.15) is 17.9 Å². The number of rotatable bonds is 4. The van der Waals surface area contributed by atoms with Crippen molar-refractivity contribution in [3.05, 3.63) is 65.2 Å². The van der Waals surface area contributed by atoms with Gasteiger partial charge in [0.1, 0.15) is 0 Å². The molecule has 6 heteroatoms. The summed E-state index contributed by atoms with van der Waals surface area (Å²) in [7, 11) is 0. The summed E-state index contributed by atoms with van der Waals surface area (Å²) in [6.45, 7) is 3.67. The lowest BCUT2D eigenvalue weighted by molar-refractivity contribution is -0.138. The number of carbonyl (C=O) groups is 2. The van der Waals surface area contributed by atoms with E-state index < -0.39 is 0 Å². The van der Waals surface area contributed by atoms with Gasteiger partial charge in [0.15, 0.2) is 0 Å². The molecule has 2 saturated heterocycles. The number of hydrogen-bond donors (Lipinski definition) is 0. The van der Waals surface area contributed by atoms with Crippen LogP contribution in [0.15, 0.2) is 54.6 Å². The van der Waals surface area contributed by atoms with Crippen LogP contribution in [-0.4, -0.2) is 60.9 Å². The minimum absolute atomic E-state index is 0.0350. The lowest BCUT2D eigenvalue weighted by Gasteiger charge is -2.36. The molecule has 0 aromatic heterocycles. The first-order chi connectivity index (χ1) is 13.6. The van der Waals surface area contributed by atoms with Gasteiger partial charge in [-0.15, -0.1) is 0 Å². The third-order valence-electron chi connectivity index (χ3n) is 5.62. The third-order valence-corrected chi connectivity index (χ3v) is 5.85. The lowest BCUT2D eigenvalue weighted by atomic mass is 9.99. The number of carbonyl (C=O) groups excluding carboxylic acids is 2. The molecule has 0 aliphatic carbocycles. The summed E-state index contributed by atoms with van der Waals surface area (Å²) in [4.78, 5) is 30.9. The van der Waals surface area contributed by atoms with E-state index in [4.69, 9.17) is 11.6 Å². The van der Waals surface area contributed by atoms with E-state index in [1.807, 2.05) is 47.4 Å². The molecule has 2 aliphatic rings. The number of benzene rings is 2. The molecule has 0 N–H and O–H groups in total. The van der Waals surface area contributed by atoms with Crippen LogP contribution < -0.4 is 4.90 Å². The van der Waals surface area contributed by atoms with E-state index in [1.54, 1.807) is 4.90 Å². The highest BCUT2D eigenvalue weighted by molar-refractivity contribution is 6.30. The number of likely N-dealkylation sites (tertiary alicyclic amines) is 1. The number of amides is 2. The summed E-state index contributed by atoms with van der Waals surface area (Å²) in [5.74, 6) is 0.286. The Morgan fingerprint density at radius 2 is 1.75 bits per heavy atom. The van der Waals surface area contributed by atoms with Crippen molar-refractivity contribution in [1.82, 2.24) is 9.80 Å². The normalized spacial score (nSPS) is 20.0. The molecule has 2 aromatic carbocycles. The van der Waals surface area contributed by atoms with Crippen molar-refractivity contribution in [3.63, 3.8) is 0 Å². The Kier molecular flexibility index (Phi) is 5.53. The van der Waals surface area contributed by atoms with Crippen LogP contribution in [0, 0.1) is 0 Å². The highest BCUT2D eigenvalue weighted by atomic mass is 35.5. The quantitative estimate of drug-likeness (QED) is 0.796. The van der Waals surface area contributed by atoms with Crippen LogP contribution in [0.4, 0.5) is 5.69 Å². The summed E-state index contributed by atoms with van der Waals surface area (Å²) < 4.78 is 0. The SMILES string of the molecule is O=C(CN1CC(c2ccccc2)CC1=O)N1CCN(c2cccc(Cl)c2)CC1. The van der Waals surface area contributed by atoms with Gasteiger partial charge < -0.3 is 14.7 Å². The fourth-order valence-corrected chi connectivity index (χ4v) is 4.21. The molecule has 5 nitrogen and oxygen atoms in total. The predicted molar refractivity (Wildman–Crippen MR) is 111 cm³/mol. The summed E-state index contributed by atoms with van der Waals surface area (Å²) in [5.41, 5.74) is 2.25. The van der Waals surface area contributed by atoms with Crippen LogP contribution in [0.5, 0.6) is 0 Å². The second-order valence-electron chi connectivity index (χ2n) is 7.43. The Balaban J connectivity index is 1.31. The van der Waals surface area contributed by atoms with E-state index in [1.165, 1.54) is 5.56 Å². The summed E-state index contributed by atoms with van der Waals surface area (Å²) >= 11 is 6.08. The summed E-state index contributed by atoms with van der Waals surface area (Å²) in [5, 5.41) is 0.719. The smallest absolute Gasteiger partial charge is 0.242 e. The average molecular weight is 398 g/mol. The molecule has 2 fully saturated rings. The molecule has 4 rings (SSSR count). The van der Waals surface area contributed by atoms with Gasteiger partial charge in [0.2, 0.25) is 11.8 Å². The van der Waals surface area contributed by atoms with Gasteiger partial charge >= 0.3 is 0 Å². The van der Waals surface area contributed by atoms with Crippen molar-refractivity contribution in [2.45, 2.75) is 12.3 Å². The van der Waals surface area contributed by atoms with Crippen LogP contribution in [-0.2, 0) is 9.59 Å². The first-order valence-electron chi connectivity index (χ1n) is 9.71. The van der Waals surface area contributed by atoms with Crippen molar-refractivity contribution in [1.29, 1.82) is 0 Å². The van der Waals surface area contributed by atoms with E-state index in [0.29, 0.717) is 26.1 Å². The molecule has 146 valence electrons. The van der Waals surface area contributed by atoms with E-state index >= 15 is 0 Å². The van der Waals surface area contributed by atoms with Gasteiger partial charge in [-0.25, -0.2) is 0 Å². The van der Waals surface area contributed by atoms with Crippen LogP contribution >= 0.6 is 11.6 Å². The fraction of sp³-hybridized carbons (Fsp3) is 0.364. The minimum Gasteiger partial charge on any atom is -0.368 e. The third kappa shape index (κ3) is 4.14. The van der Waals surface area contributed by atoms with Gasteiger partial charge in [-0.3, -0.25) is 9.59 Å². The molecule has 2 amide bonds. The maximum atomic E-state index is 12.7. The van der Waals surface area contributed by atoms with Gasteiger partial charge in [-0.05, 0) is 23.8 Å². The van der Waals surface area contributed by atoms with Crippen molar-refractivity contribution in [3.8, 4) is 0 Å². The number of piperazine rings is 1. The highest BCUT2D eigenvalue weighted by Crippen LogP contribution is 2.28. The molecule has 0 radical (unpaired) electrons. The molecule has 0 saturated carbocycles. The van der Waals surface area contributed by atoms with Gasteiger partial charge in [0.05, 0.1) is 6.54 Å². The average Bonchev–Trinajstić information content (AvgIpc) is 3.09. The maximum Gasteiger partial charge on any atom is 0.242 e. The molecular formula is C22H24ClN3O2. The zero-order valence-corrected chi connectivity index (χ0v) is 16.5. The summed E-state index contributed by atoms with van der Waals surface area (Å²) in [6.07, 6.45) is 0.486. The van der Waals surface area contributed by atoms with E-state index in [0.717, 1.165) is 23.8 Å². The zero-order chi connectivity index (χ0) is 19.5. The molecule has 2 aromatic rings. The van der Waals surface area contributed by atoms with E-state index in [2.05, 4.69) is 17.0 Å². The zero-order valence-electron chi connectivity index (χ0n) is 15.8. The number of anilines is 1. The molecule has 2 aliphatic heterocycles. The van der Waals surface area contributed by atoms with Crippen LogP contribution in [0.2, 0.25) is 5.02 Å². The van der Waals surface area contributed by atoms with Crippen molar-refractivity contribution in [2.24, 2.45) is 0 Å². The van der Waals surface area contributed by atoms with Gasteiger partial charge in [-0.2, -0.15) is 0 Å². The molecular weight excluding hydrogens is 374 g/mol. The van der Waals surface area contributed by atoms with Crippen LogP contribution in [0.3, 0.4) is 0 Å². The standard InChI is InChI=1S/C22H24ClN3O2/c23-19-7-4-8-20(14-19)24-9-11-25(12-10-24)22(28)16-26-15-18(13-21(26)27)17-5-2-1-3-6-17/h1-8,14,18H,9-13,15-16H2. The van der Waals surface area contributed by atoms with Crippen molar-refractivity contribution < 1.29 is 9.59 Å². The van der Waals surface area contributed by atoms with E-state index in [9.17, 15) is 9.59 Å². The molecule has 0 bridgehead atoms. The Bertz CT molecular complexity index is 850. The van der Waals surface area contributed by atoms with E-state index in [-0.39, 0.29) is 24.3 Å². The first-order valence-corrected chi connectivity index (χ1v) is 10.1. The maximum absolute atomic E-state index is 12.7. The number of halogens is 1. The molecule has 1 unspecified atom stereocenters. The minimum atomic E-state index is 0.0350. The molecule has 1 atom stereocenters. The second kappa shape index (κ2) is 8.23. The van der Waals surface area contributed by atoms with Crippen LogP contribution in [0.25, 0.3) is 0 Å². The van der Waals surface area contributed by atoms with Gasteiger partial charge in [0.25, 0.3) is 0 Å². The largest absolute Gasteiger partial charge is 0.368 e. The molecule has 28 heavy (non-hydrogen) atoms. The monoisotopic (exact) mass is 397 g/mol. The van der Waals surface area contributed by atoms with Gasteiger partial charge in [-0.1, -0.05) is 48.0 Å². The molecule has 2 heterocycles. The number of hydrogen-bond acceptors (Lipinski definition) is 3. The Labute approximate surface area is 170 Å². The molecule has 0 spiro atoms. The summed E-state index contributed by atoms with van der Waals surface area (Å²) in [6, 6.07) is 17.9. The Morgan fingerprint density at radius 3 is 2.46 bits per heavy atom. The predicted octanol–water partition coefficient (Wildman–Crippen LogP) is 3.00. The second-order valence-corrected chi connectivity index (χ2v) is 7.87. The highest BCUT2D eigenvalue weighted by Gasteiger charge is 2.33. The lowest BCUT2D eigenvalue weighted by Crippen LogP contribution is -2.51. The Morgan fingerprint density at radius 1 is 1.00 bits per heavy atom. The topological polar surface area (TPSA) is 43.9 Å². The number of nitrogens with zero attached hydrogens (tertiary/aromatic N) is 3. The van der Waals surface area contributed by atoms with Crippen molar-refractivity contribution in [2.75, 3.05) is 44.2 Å². The Hall–Kier alpha value is -2.53. The first kappa shape index (κ1) is 18.8. The van der Waals surface area contributed by atoms with Crippen molar-refractivity contribution >= 4 is 29.1 Å². The fourth-order valence-electron chi connectivity index (χ4n) is 4.02.